The summed E-state index contributed by atoms with van der Waals surface area (Å²) in [6.45, 7) is 1.94. The molecule has 1 heterocycles. The highest BCUT2D eigenvalue weighted by molar-refractivity contribution is 9.10. The standard InChI is InChI=1S/C15H20BrNO2/c16-13-5-3-4-12(10-13)15(19)7-9-17-8-2-1-6-14(17)11-18/h3-5,10,14,18H,1-2,6-9,11H2. The molecule has 0 spiro atoms. The maximum absolute atomic E-state index is 12.1. The fourth-order valence-corrected chi connectivity index (χ4v) is 3.01. The molecule has 1 aromatic rings. The van der Waals surface area contributed by atoms with E-state index in [1.807, 2.05) is 24.3 Å². The molecule has 4 heteroatoms. The Hall–Kier alpha value is -0.710. The Morgan fingerprint density at radius 2 is 2.26 bits per heavy atom. The Balaban J connectivity index is 1.89. The second-order valence-electron chi connectivity index (χ2n) is 5.05. The molecule has 1 fully saturated rings. The quantitative estimate of drug-likeness (QED) is 0.846. The van der Waals surface area contributed by atoms with E-state index in [2.05, 4.69) is 20.8 Å². The molecule has 0 aromatic heterocycles. The van der Waals surface area contributed by atoms with Crippen LogP contribution in [-0.4, -0.2) is 41.5 Å². The van der Waals surface area contributed by atoms with E-state index in [-0.39, 0.29) is 18.4 Å². The van der Waals surface area contributed by atoms with Gasteiger partial charge in [0.05, 0.1) is 6.61 Å². The Kier molecular flexibility index (Phi) is 5.55. The SMILES string of the molecule is O=C(CCN1CCCCC1CO)c1cccc(Br)c1. The molecule has 1 atom stereocenters. The van der Waals surface area contributed by atoms with Crippen LogP contribution < -0.4 is 0 Å². The molecular weight excluding hydrogens is 306 g/mol. The number of carbonyl (C=O) groups is 1. The number of piperidine rings is 1. The minimum atomic E-state index is 0.170. The third-order valence-corrected chi connectivity index (χ3v) is 4.23. The van der Waals surface area contributed by atoms with Gasteiger partial charge in [-0.25, -0.2) is 0 Å². The molecule has 104 valence electrons. The van der Waals surface area contributed by atoms with E-state index in [1.54, 1.807) is 0 Å². The monoisotopic (exact) mass is 325 g/mol. The second-order valence-corrected chi connectivity index (χ2v) is 5.97. The number of benzene rings is 1. The lowest BCUT2D eigenvalue weighted by molar-refractivity contribution is 0.0793. The molecule has 0 bridgehead atoms. The zero-order valence-corrected chi connectivity index (χ0v) is 12.6. The molecule has 3 nitrogen and oxygen atoms in total. The van der Waals surface area contributed by atoms with Crippen LogP contribution in [0.2, 0.25) is 0 Å². The van der Waals surface area contributed by atoms with Gasteiger partial charge in [0, 0.05) is 29.0 Å². The smallest absolute Gasteiger partial charge is 0.164 e. The minimum absolute atomic E-state index is 0.170. The van der Waals surface area contributed by atoms with E-state index >= 15 is 0 Å². The first-order valence-corrected chi connectivity index (χ1v) is 7.63. The van der Waals surface area contributed by atoms with Crippen molar-refractivity contribution >= 4 is 21.7 Å². The fourth-order valence-electron chi connectivity index (χ4n) is 2.61. The van der Waals surface area contributed by atoms with Crippen LogP contribution in [0.25, 0.3) is 0 Å². The summed E-state index contributed by atoms with van der Waals surface area (Å²) in [7, 11) is 0. The van der Waals surface area contributed by atoms with Crippen LogP contribution >= 0.6 is 15.9 Å². The Bertz CT molecular complexity index is 436. The van der Waals surface area contributed by atoms with Crippen molar-refractivity contribution in [1.82, 2.24) is 4.90 Å². The van der Waals surface area contributed by atoms with Crippen molar-refractivity contribution in [2.45, 2.75) is 31.7 Å². The summed E-state index contributed by atoms with van der Waals surface area (Å²) in [4.78, 5) is 14.4. The van der Waals surface area contributed by atoms with Gasteiger partial charge in [0.1, 0.15) is 0 Å². The number of carbonyl (C=O) groups excluding carboxylic acids is 1. The Morgan fingerprint density at radius 3 is 3.00 bits per heavy atom. The minimum Gasteiger partial charge on any atom is -0.395 e. The van der Waals surface area contributed by atoms with Crippen LogP contribution in [0.15, 0.2) is 28.7 Å². The maximum atomic E-state index is 12.1. The number of hydrogen-bond acceptors (Lipinski definition) is 3. The average molecular weight is 326 g/mol. The fraction of sp³-hybridized carbons (Fsp3) is 0.533. The van der Waals surface area contributed by atoms with Crippen LogP contribution in [0.5, 0.6) is 0 Å². The molecule has 0 amide bonds. The maximum Gasteiger partial charge on any atom is 0.164 e. The third kappa shape index (κ3) is 4.13. The van der Waals surface area contributed by atoms with Crippen LogP contribution in [0.3, 0.4) is 0 Å². The molecule has 2 rings (SSSR count). The van der Waals surface area contributed by atoms with Crippen molar-refractivity contribution in [1.29, 1.82) is 0 Å². The molecule has 0 radical (unpaired) electrons. The summed E-state index contributed by atoms with van der Waals surface area (Å²) < 4.78 is 0.935. The lowest BCUT2D eigenvalue weighted by atomic mass is 10.0. The van der Waals surface area contributed by atoms with Crippen molar-refractivity contribution in [3.63, 3.8) is 0 Å². The highest BCUT2D eigenvalue weighted by atomic mass is 79.9. The number of Topliss-reactive ketones (excluding diaryl/α,β-unsaturated/α-hetero) is 1. The van der Waals surface area contributed by atoms with E-state index in [9.17, 15) is 9.90 Å². The van der Waals surface area contributed by atoms with Gasteiger partial charge in [-0.1, -0.05) is 34.5 Å². The van der Waals surface area contributed by atoms with E-state index in [0.717, 1.165) is 29.5 Å². The first-order valence-electron chi connectivity index (χ1n) is 6.84. The number of ketones is 1. The van der Waals surface area contributed by atoms with Gasteiger partial charge in [-0.05, 0) is 31.5 Å². The lowest BCUT2D eigenvalue weighted by Crippen LogP contribution is -2.42. The molecular formula is C15H20BrNO2. The van der Waals surface area contributed by atoms with Gasteiger partial charge in [-0.15, -0.1) is 0 Å². The van der Waals surface area contributed by atoms with E-state index in [0.29, 0.717) is 6.42 Å². The Morgan fingerprint density at radius 1 is 1.42 bits per heavy atom. The topological polar surface area (TPSA) is 40.5 Å². The number of hydrogen-bond donors (Lipinski definition) is 1. The van der Waals surface area contributed by atoms with Gasteiger partial charge in [0.2, 0.25) is 0 Å². The van der Waals surface area contributed by atoms with Crippen molar-refractivity contribution in [3.8, 4) is 0 Å². The summed E-state index contributed by atoms with van der Waals surface area (Å²) >= 11 is 3.38. The predicted molar refractivity (Wildman–Crippen MR) is 79.4 cm³/mol. The second kappa shape index (κ2) is 7.17. The van der Waals surface area contributed by atoms with Gasteiger partial charge < -0.3 is 5.11 Å². The first-order chi connectivity index (χ1) is 9.20. The van der Waals surface area contributed by atoms with E-state index in [4.69, 9.17) is 0 Å². The molecule has 0 aliphatic carbocycles. The highest BCUT2D eigenvalue weighted by Crippen LogP contribution is 2.18. The molecule has 1 N–H and O–H groups in total. The number of rotatable bonds is 5. The molecule has 1 aliphatic rings. The molecule has 1 unspecified atom stereocenters. The van der Waals surface area contributed by atoms with Crippen molar-refractivity contribution in [2.75, 3.05) is 19.7 Å². The van der Waals surface area contributed by atoms with E-state index in [1.165, 1.54) is 12.8 Å². The predicted octanol–water partition coefficient (Wildman–Crippen LogP) is 2.87. The van der Waals surface area contributed by atoms with Gasteiger partial charge in [-0.2, -0.15) is 0 Å². The first kappa shape index (κ1) is 14.7. The number of likely N-dealkylation sites (tertiary alicyclic amines) is 1. The van der Waals surface area contributed by atoms with Gasteiger partial charge in [0.25, 0.3) is 0 Å². The summed E-state index contributed by atoms with van der Waals surface area (Å²) in [5.41, 5.74) is 0.756. The zero-order valence-electron chi connectivity index (χ0n) is 11.0. The van der Waals surface area contributed by atoms with Crippen LogP contribution in [-0.2, 0) is 0 Å². The summed E-state index contributed by atoms with van der Waals surface area (Å²) in [5, 5.41) is 9.35. The normalized spacial score (nSPS) is 20.4. The number of aliphatic hydroxyl groups excluding tert-OH is 1. The van der Waals surface area contributed by atoms with Crippen molar-refractivity contribution < 1.29 is 9.90 Å². The average Bonchev–Trinajstić information content (AvgIpc) is 2.45. The van der Waals surface area contributed by atoms with Crippen molar-refractivity contribution in [2.24, 2.45) is 0 Å². The summed E-state index contributed by atoms with van der Waals surface area (Å²) in [5.74, 6) is 0.170. The number of aliphatic hydroxyl groups is 1. The molecule has 0 saturated carbocycles. The van der Waals surface area contributed by atoms with E-state index < -0.39 is 0 Å². The highest BCUT2D eigenvalue weighted by Gasteiger charge is 2.22. The van der Waals surface area contributed by atoms with Crippen molar-refractivity contribution in [3.05, 3.63) is 34.3 Å². The summed E-state index contributed by atoms with van der Waals surface area (Å²) in [6.07, 6.45) is 3.91. The van der Waals surface area contributed by atoms with Gasteiger partial charge >= 0.3 is 0 Å². The zero-order chi connectivity index (χ0) is 13.7. The lowest BCUT2D eigenvalue weighted by Gasteiger charge is -2.34. The summed E-state index contributed by atoms with van der Waals surface area (Å²) in [6, 6.07) is 7.76. The van der Waals surface area contributed by atoms with Gasteiger partial charge in [0.15, 0.2) is 5.78 Å². The van der Waals surface area contributed by atoms with Crippen LogP contribution in [0, 0.1) is 0 Å². The molecule has 1 saturated heterocycles. The Labute approximate surface area is 122 Å². The number of halogens is 1. The van der Waals surface area contributed by atoms with Gasteiger partial charge in [-0.3, -0.25) is 9.69 Å². The molecule has 1 aliphatic heterocycles. The number of nitrogens with zero attached hydrogens (tertiary/aromatic N) is 1. The van der Waals surface area contributed by atoms with Crippen LogP contribution in [0.4, 0.5) is 0 Å². The molecule has 19 heavy (non-hydrogen) atoms. The third-order valence-electron chi connectivity index (χ3n) is 3.73. The van der Waals surface area contributed by atoms with Crippen LogP contribution in [0.1, 0.15) is 36.0 Å². The molecule has 1 aromatic carbocycles. The largest absolute Gasteiger partial charge is 0.395 e.